The summed E-state index contributed by atoms with van der Waals surface area (Å²) < 4.78 is 3.82. The number of ketones is 1. The Morgan fingerprint density at radius 1 is 1.00 bits per heavy atom. The molecule has 2 heterocycles. The Morgan fingerprint density at radius 3 is 2.31 bits per heavy atom. The van der Waals surface area contributed by atoms with E-state index in [0.717, 1.165) is 4.68 Å². The van der Waals surface area contributed by atoms with Gasteiger partial charge in [-0.15, -0.1) is 5.10 Å². The molecule has 0 aliphatic carbocycles. The first-order chi connectivity index (χ1) is 17.1. The van der Waals surface area contributed by atoms with Crippen LogP contribution in [0, 0.1) is 5.92 Å². The Balaban J connectivity index is 1.91. The predicted molar refractivity (Wildman–Crippen MR) is 139 cm³/mol. The van der Waals surface area contributed by atoms with Crippen LogP contribution >= 0.6 is 11.6 Å². The van der Waals surface area contributed by atoms with Gasteiger partial charge in [-0.05, 0) is 68.7 Å². The van der Waals surface area contributed by atoms with Gasteiger partial charge in [-0.25, -0.2) is 13.9 Å². The monoisotopic (exact) mass is 509 g/mol. The molecule has 4 aromatic rings. The van der Waals surface area contributed by atoms with Gasteiger partial charge in [-0.1, -0.05) is 25.4 Å². The molecular formula is C26H28ClN5O4. The lowest BCUT2D eigenvalue weighted by atomic mass is 10.1. The van der Waals surface area contributed by atoms with E-state index in [-0.39, 0.29) is 46.5 Å². The topological polar surface area (TPSA) is 107 Å². The van der Waals surface area contributed by atoms with Gasteiger partial charge in [0.15, 0.2) is 5.78 Å². The van der Waals surface area contributed by atoms with Gasteiger partial charge in [0.25, 0.3) is 11.5 Å². The van der Waals surface area contributed by atoms with Crippen molar-refractivity contribution in [3.05, 3.63) is 79.5 Å². The van der Waals surface area contributed by atoms with E-state index in [4.69, 9.17) is 11.6 Å². The summed E-state index contributed by atoms with van der Waals surface area (Å²) in [5, 5.41) is 7.99. The van der Waals surface area contributed by atoms with Crippen LogP contribution in [0.3, 0.4) is 0 Å². The van der Waals surface area contributed by atoms with Crippen LogP contribution in [0.15, 0.2) is 52.1 Å². The molecule has 0 spiro atoms. The number of fused-ring (bicyclic) bond motifs is 3. The second kappa shape index (κ2) is 10.1. The molecule has 1 amide bonds. The number of hydrogen-bond acceptors (Lipinski definition) is 5. The summed E-state index contributed by atoms with van der Waals surface area (Å²) in [6.07, 6.45) is 0.695. The largest absolute Gasteiger partial charge is 0.352 e. The Hall–Kier alpha value is -3.72. The lowest BCUT2D eigenvalue weighted by Gasteiger charge is -2.12. The van der Waals surface area contributed by atoms with Crippen molar-refractivity contribution in [1.82, 2.24) is 24.1 Å². The van der Waals surface area contributed by atoms with Gasteiger partial charge in [0, 0.05) is 28.7 Å². The third-order valence-electron chi connectivity index (χ3n) is 5.85. The smallest absolute Gasteiger partial charge is 0.350 e. The number of benzene rings is 2. The first-order valence-electron chi connectivity index (χ1n) is 11.8. The molecule has 2 aromatic heterocycles. The number of halogens is 1. The molecule has 9 nitrogen and oxygen atoms in total. The zero-order valence-electron chi connectivity index (χ0n) is 20.6. The molecule has 0 saturated heterocycles. The highest BCUT2D eigenvalue weighted by Crippen LogP contribution is 2.16. The third-order valence-corrected chi connectivity index (χ3v) is 6.10. The summed E-state index contributed by atoms with van der Waals surface area (Å²) in [4.78, 5) is 52.4. The number of nitrogens with one attached hydrogen (secondary N) is 1. The molecule has 2 aromatic carbocycles. The lowest BCUT2D eigenvalue weighted by Crippen LogP contribution is -2.31. The summed E-state index contributed by atoms with van der Waals surface area (Å²) >= 11 is 5.91. The highest BCUT2D eigenvalue weighted by atomic mass is 35.5. The van der Waals surface area contributed by atoms with Gasteiger partial charge in [-0.2, -0.15) is 0 Å². The molecule has 0 radical (unpaired) electrons. The van der Waals surface area contributed by atoms with Crippen LogP contribution in [0.25, 0.3) is 16.7 Å². The van der Waals surface area contributed by atoms with Crippen molar-refractivity contribution >= 4 is 40.0 Å². The minimum absolute atomic E-state index is 0.0818. The quantitative estimate of drug-likeness (QED) is 0.366. The van der Waals surface area contributed by atoms with Crippen molar-refractivity contribution < 1.29 is 9.59 Å². The zero-order valence-corrected chi connectivity index (χ0v) is 21.4. The SMILES string of the molecule is CC(C)CCn1c(=O)c2ccc(C(=O)NC(C)C)cc2n2c(=O)n(CC(=O)c3ccc(Cl)cc3)nc12. The van der Waals surface area contributed by atoms with Gasteiger partial charge in [0.05, 0.1) is 10.9 Å². The van der Waals surface area contributed by atoms with Crippen LogP contribution < -0.4 is 16.6 Å². The minimum Gasteiger partial charge on any atom is -0.350 e. The zero-order chi connectivity index (χ0) is 26.1. The Kier molecular flexibility index (Phi) is 7.12. The number of aryl methyl sites for hydroxylation is 1. The molecule has 0 aliphatic rings. The summed E-state index contributed by atoms with van der Waals surface area (Å²) in [7, 11) is 0. The summed E-state index contributed by atoms with van der Waals surface area (Å²) in [5.41, 5.74) is 0.0846. The van der Waals surface area contributed by atoms with Gasteiger partial charge >= 0.3 is 5.69 Å². The summed E-state index contributed by atoms with van der Waals surface area (Å²) in [6, 6.07) is 10.9. The Morgan fingerprint density at radius 2 is 1.67 bits per heavy atom. The van der Waals surface area contributed by atoms with Crippen LogP contribution in [-0.2, 0) is 13.1 Å². The van der Waals surface area contributed by atoms with Gasteiger partial charge in [0.1, 0.15) is 6.54 Å². The molecule has 0 bridgehead atoms. The molecule has 0 atom stereocenters. The standard InChI is InChI=1S/C26H28ClN5O4/c1-15(2)11-12-30-24(35)20-10-7-18(23(34)28-16(3)4)13-21(20)32-25(30)29-31(26(32)36)14-22(33)17-5-8-19(27)9-6-17/h5-10,13,15-16H,11-12,14H2,1-4H3,(H,28,34). The molecule has 10 heteroatoms. The molecule has 188 valence electrons. The average molecular weight is 510 g/mol. The molecule has 36 heavy (non-hydrogen) atoms. The molecule has 0 unspecified atom stereocenters. The maximum absolute atomic E-state index is 13.5. The van der Waals surface area contributed by atoms with E-state index in [2.05, 4.69) is 10.4 Å². The predicted octanol–water partition coefficient (Wildman–Crippen LogP) is 3.53. The molecule has 0 fully saturated rings. The fraction of sp³-hybridized carbons (Fsp3) is 0.346. The van der Waals surface area contributed by atoms with E-state index < -0.39 is 5.69 Å². The molecule has 0 aliphatic heterocycles. The van der Waals surface area contributed by atoms with Gasteiger partial charge < -0.3 is 5.32 Å². The Bertz CT molecular complexity index is 1580. The van der Waals surface area contributed by atoms with Crippen molar-refractivity contribution in [3.8, 4) is 0 Å². The van der Waals surface area contributed by atoms with Crippen LogP contribution in [-0.4, -0.2) is 36.5 Å². The van der Waals surface area contributed by atoms with E-state index in [0.29, 0.717) is 35.0 Å². The third kappa shape index (κ3) is 4.97. The van der Waals surface area contributed by atoms with Crippen molar-refractivity contribution in [2.24, 2.45) is 5.92 Å². The fourth-order valence-corrected chi connectivity index (χ4v) is 4.08. The minimum atomic E-state index is -0.572. The molecular weight excluding hydrogens is 482 g/mol. The van der Waals surface area contributed by atoms with Crippen molar-refractivity contribution in [3.63, 3.8) is 0 Å². The number of rotatable bonds is 8. The molecule has 4 rings (SSSR count). The van der Waals surface area contributed by atoms with E-state index in [1.165, 1.54) is 15.0 Å². The van der Waals surface area contributed by atoms with Crippen LogP contribution in [0.1, 0.15) is 54.8 Å². The normalized spacial score (nSPS) is 11.6. The maximum Gasteiger partial charge on any atom is 0.352 e. The number of carbonyl (C=O) groups is 2. The van der Waals surface area contributed by atoms with E-state index in [1.54, 1.807) is 36.4 Å². The number of nitrogens with zero attached hydrogens (tertiary/aromatic N) is 4. The fourth-order valence-electron chi connectivity index (χ4n) is 3.96. The van der Waals surface area contributed by atoms with Gasteiger partial charge in [0.2, 0.25) is 5.78 Å². The highest BCUT2D eigenvalue weighted by molar-refractivity contribution is 6.30. The van der Waals surface area contributed by atoms with Crippen LogP contribution in [0.4, 0.5) is 0 Å². The van der Waals surface area contributed by atoms with Crippen molar-refractivity contribution in [2.45, 2.75) is 53.2 Å². The van der Waals surface area contributed by atoms with E-state index in [9.17, 15) is 19.2 Å². The number of carbonyl (C=O) groups excluding carboxylic acids is 2. The number of hydrogen-bond donors (Lipinski definition) is 1. The van der Waals surface area contributed by atoms with E-state index in [1.807, 2.05) is 27.7 Å². The summed E-state index contributed by atoms with van der Waals surface area (Å²) in [6.45, 7) is 7.81. The van der Waals surface area contributed by atoms with Crippen LogP contribution in [0.5, 0.6) is 0 Å². The average Bonchev–Trinajstić information content (AvgIpc) is 3.14. The van der Waals surface area contributed by atoms with Crippen LogP contribution in [0.2, 0.25) is 5.02 Å². The lowest BCUT2D eigenvalue weighted by molar-refractivity contribution is 0.0940. The Labute approximate surface area is 212 Å². The number of amides is 1. The highest BCUT2D eigenvalue weighted by Gasteiger charge is 2.21. The molecule has 1 N–H and O–H groups in total. The first kappa shape index (κ1) is 25.4. The van der Waals surface area contributed by atoms with Crippen molar-refractivity contribution in [1.29, 1.82) is 0 Å². The second-order valence-electron chi connectivity index (χ2n) is 9.51. The van der Waals surface area contributed by atoms with Crippen molar-refractivity contribution in [2.75, 3.05) is 0 Å². The summed E-state index contributed by atoms with van der Waals surface area (Å²) in [5.74, 6) is -0.199. The van der Waals surface area contributed by atoms with Gasteiger partial charge in [-0.3, -0.25) is 19.0 Å². The molecule has 0 saturated carbocycles. The number of Topliss-reactive ketones (excluding diaryl/α,β-unsaturated/α-hetero) is 1. The maximum atomic E-state index is 13.5. The number of aromatic nitrogens is 4. The second-order valence-corrected chi connectivity index (χ2v) is 9.94. The van der Waals surface area contributed by atoms with E-state index >= 15 is 0 Å². The first-order valence-corrected chi connectivity index (χ1v) is 12.2.